The number of carbonyl (C=O) groups is 1. The van der Waals surface area contributed by atoms with Crippen LogP contribution < -0.4 is 15.6 Å². The summed E-state index contributed by atoms with van der Waals surface area (Å²) in [5.74, 6) is -0.200. The summed E-state index contributed by atoms with van der Waals surface area (Å²) in [6.45, 7) is 3.87. The maximum atomic E-state index is 12.3. The van der Waals surface area contributed by atoms with E-state index >= 15 is 0 Å². The molecule has 0 saturated heterocycles. The fraction of sp³-hybridized carbons (Fsp3) is 0.312. The number of amides is 1. The van der Waals surface area contributed by atoms with E-state index < -0.39 is 0 Å². The number of rotatable bonds is 5. The van der Waals surface area contributed by atoms with Gasteiger partial charge in [0.15, 0.2) is 11.4 Å². The standard InChI is InChI=1S/C16H19N3O3/c1-4-11(2)17-16(21)15-13(22-3)10-14(20)19(18-15)12-8-6-5-7-9-12/h5-11H,4H2,1-3H3,(H,17,21). The van der Waals surface area contributed by atoms with Gasteiger partial charge < -0.3 is 10.1 Å². The number of methoxy groups -OCH3 is 1. The first-order chi connectivity index (χ1) is 10.6. The number of benzene rings is 1. The zero-order valence-electron chi connectivity index (χ0n) is 12.9. The second kappa shape index (κ2) is 6.89. The van der Waals surface area contributed by atoms with Gasteiger partial charge in [-0.1, -0.05) is 25.1 Å². The van der Waals surface area contributed by atoms with E-state index in [2.05, 4.69) is 10.4 Å². The Balaban J connectivity index is 2.49. The fourth-order valence-corrected chi connectivity index (χ4v) is 1.90. The number of para-hydroxylation sites is 1. The van der Waals surface area contributed by atoms with Gasteiger partial charge in [0.25, 0.3) is 11.5 Å². The van der Waals surface area contributed by atoms with Crippen LogP contribution in [0.4, 0.5) is 0 Å². The highest BCUT2D eigenvalue weighted by atomic mass is 16.5. The van der Waals surface area contributed by atoms with Crippen molar-refractivity contribution in [3.8, 4) is 11.4 Å². The quantitative estimate of drug-likeness (QED) is 0.913. The molecule has 0 aliphatic rings. The van der Waals surface area contributed by atoms with Crippen LogP contribution in [-0.4, -0.2) is 28.8 Å². The van der Waals surface area contributed by atoms with E-state index in [0.29, 0.717) is 5.69 Å². The van der Waals surface area contributed by atoms with E-state index in [1.54, 1.807) is 24.3 Å². The van der Waals surface area contributed by atoms with Gasteiger partial charge in [0.2, 0.25) is 0 Å². The van der Waals surface area contributed by atoms with Crippen LogP contribution in [0.25, 0.3) is 5.69 Å². The van der Waals surface area contributed by atoms with Crippen LogP contribution in [0.1, 0.15) is 30.8 Å². The van der Waals surface area contributed by atoms with Gasteiger partial charge in [-0.3, -0.25) is 9.59 Å². The molecule has 0 spiro atoms. The summed E-state index contributed by atoms with van der Waals surface area (Å²) in [6.07, 6.45) is 0.798. The summed E-state index contributed by atoms with van der Waals surface area (Å²) in [5.41, 5.74) is 0.321. The first-order valence-corrected chi connectivity index (χ1v) is 7.11. The molecule has 1 amide bonds. The lowest BCUT2D eigenvalue weighted by Gasteiger charge is -2.14. The highest BCUT2D eigenvalue weighted by molar-refractivity contribution is 5.94. The molecule has 0 radical (unpaired) electrons. The molecule has 0 aliphatic heterocycles. The number of aromatic nitrogens is 2. The monoisotopic (exact) mass is 301 g/mol. The molecule has 116 valence electrons. The van der Waals surface area contributed by atoms with E-state index in [-0.39, 0.29) is 29.0 Å². The van der Waals surface area contributed by atoms with Crippen LogP contribution in [-0.2, 0) is 0 Å². The molecular weight excluding hydrogens is 282 g/mol. The summed E-state index contributed by atoms with van der Waals surface area (Å²) in [5, 5.41) is 6.99. The molecule has 1 aromatic heterocycles. The van der Waals surface area contributed by atoms with Crippen LogP contribution in [0.2, 0.25) is 0 Å². The summed E-state index contributed by atoms with van der Waals surface area (Å²) in [4.78, 5) is 24.5. The predicted octanol–water partition coefficient (Wildman–Crippen LogP) is 1.77. The molecule has 1 unspecified atom stereocenters. The zero-order chi connectivity index (χ0) is 16.1. The van der Waals surface area contributed by atoms with Crippen LogP contribution in [0.3, 0.4) is 0 Å². The smallest absolute Gasteiger partial charge is 0.275 e. The number of hydrogen-bond acceptors (Lipinski definition) is 4. The van der Waals surface area contributed by atoms with Crippen LogP contribution in [0.15, 0.2) is 41.2 Å². The second-order valence-corrected chi connectivity index (χ2v) is 4.93. The third-order valence-electron chi connectivity index (χ3n) is 3.32. The molecule has 1 atom stereocenters. The largest absolute Gasteiger partial charge is 0.494 e. The van der Waals surface area contributed by atoms with Crippen molar-refractivity contribution < 1.29 is 9.53 Å². The van der Waals surface area contributed by atoms with Crippen molar-refractivity contribution in [2.24, 2.45) is 0 Å². The first-order valence-electron chi connectivity index (χ1n) is 7.11. The van der Waals surface area contributed by atoms with Crippen molar-refractivity contribution in [2.45, 2.75) is 26.3 Å². The average Bonchev–Trinajstić information content (AvgIpc) is 2.54. The molecule has 6 nitrogen and oxygen atoms in total. The van der Waals surface area contributed by atoms with E-state index in [4.69, 9.17) is 4.74 Å². The molecule has 1 heterocycles. The van der Waals surface area contributed by atoms with Gasteiger partial charge in [-0.15, -0.1) is 0 Å². The highest BCUT2D eigenvalue weighted by Gasteiger charge is 2.19. The second-order valence-electron chi connectivity index (χ2n) is 4.93. The van der Waals surface area contributed by atoms with Gasteiger partial charge in [0.05, 0.1) is 18.9 Å². The van der Waals surface area contributed by atoms with E-state index in [1.807, 2.05) is 19.9 Å². The zero-order valence-corrected chi connectivity index (χ0v) is 12.9. The van der Waals surface area contributed by atoms with Gasteiger partial charge in [-0.2, -0.15) is 9.78 Å². The first kappa shape index (κ1) is 15.8. The minimum Gasteiger partial charge on any atom is -0.494 e. The summed E-state index contributed by atoms with van der Waals surface area (Å²) < 4.78 is 6.31. The molecule has 2 aromatic rings. The van der Waals surface area contributed by atoms with Crippen molar-refractivity contribution >= 4 is 5.91 Å². The molecule has 22 heavy (non-hydrogen) atoms. The third kappa shape index (κ3) is 3.33. The summed E-state index contributed by atoms with van der Waals surface area (Å²) >= 11 is 0. The lowest BCUT2D eigenvalue weighted by molar-refractivity contribution is 0.0929. The normalized spacial score (nSPS) is 11.8. The summed E-state index contributed by atoms with van der Waals surface area (Å²) in [6, 6.07) is 10.2. The molecule has 1 N–H and O–H groups in total. The lowest BCUT2D eigenvalue weighted by atomic mass is 10.2. The Morgan fingerprint density at radius 2 is 2.05 bits per heavy atom. The minimum absolute atomic E-state index is 0.0103. The van der Waals surface area contributed by atoms with Gasteiger partial charge in [0.1, 0.15) is 0 Å². The number of nitrogens with one attached hydrogen (secondary N) is 1. The lowest BCUT2D eigenvalue weighted by Crippen LogP contribution is -2.34. The number of hydrogen-bond donors (Lipinski definition) is 1. The van der Waals surface area contributed by atoms with E-state index in [0.717, 1.165) is 6.42 Å². The fourth-order valence-electron chi connectivity index (χ4n) is 1.90. The van der Waals surface area contributed by atoms with Crippen LogP contribution >= 0.6 is 0 Å². The Morgan fingerprint density at radius 3 is 2.64 bits per heavy atom. The maximum Gasteiger partial charge on any atom is 0.275 e. The van der Waals surface area contributed by atoms with Gasteiger partial charge in [0, 0.05) is 6.04 Å². The van der Waals surface area contributed by atoms with Crippen molar-refractivity contribution in [3.05, 3.63) is 52.4 Å². The van der Waals surface area contributed by atoms with Gasteiger partial charge in [-0.25, -0.2) is 0 Å². The average molecular weight is 301 g/mol. The topological polar surface area (TPSA) is 73.2 Å². The molecule has 1 aromatic carbocycles. The van der Waals surface area contributed by atoms with E-state index in [9.17, 15) is 9.59 Å². The van der Waals surface area contributed by atoms with Gasteiger partial charge >= 0.3 is 0 Å². The Hall–Kier alpha value is -2.63. The van der Waals surface area contributed by atoms with Crippen LogP contribution in [0.5, 0.6) is 5.75 Å². The number of nitrogens with zero attached hydrogens (tertiary/aromatic N) is 2. The molecule has 0 saturated carbocycles. The Morgan fingerprint density at radius 1 is 1.36 bits per heavy atom. The highest BCUT2D eigenvalue weighted by Crippen LogP contribution is 2.14. The Kier molecular flexibility index (Phi) is 4.93. The summed E-state index contributed by atoms with van der Waals surface area (Å²) in [7, 11) is 1.41. The van der Waals surface area contributed by atoms with Crippen molar-refractivity contribution in [1.29, 1.82) is 0 Å². The Labute approximate surface area is 128 Å². The SMILES string of the molecule is CCC(C)NC(=O)c1nn(-c2ccccc2)c(=O)cc1OC. The molecule has 0 aliphatic carbocycles. The molecule has 0 bridgehead atoms. The molecular formula is C16H19N3O3. The van der Waals surface area contributed by atoms with Crippen molar-refractivity contribution in [2.75, 3.05) is 7.11 Å². The van der Waals surface area contributed by atoms with Crippen LogP contribution in [0, 0.1) is 0 Å². The third-order valence-corrected chi connectivity index (χ3v) is 3.32. The van der Waals surface area contributed by atoms with Crippen molar-refractivity contribution in [3.63, 3.8) is 0 Å². The predicted molar refractivity (Wildman–Crippen MR) is 83.6 cm³/mol. The minimum atomic E-state index is -0.365. The number of ether oxygens (including phenoxy) is 1. The molecule has 2 rings (SSSR count). The number of carbonyl (C=O) groups excluding carboxylic acids is 1. The molecule has 6 heteroatoms. The Bertz CT molecular complexity index is 710. The van der Waals surface area contributed by atoms with Gasteiger partial charge in [-0.05, 0) is 25.5 Å². The van der Waals surface area contributed by atoms with Crippen molar-refractivity contribution in [1.82, 2.24) is 15.1 Å². The van der Waals surface area contributed by atoms with E-state index in [1.165, 1.54) is 17.9 Å². The molecule has 0 fully saturated rings. The maximum absolute atomic E-state index is 12.3.